The Morgan fingerprint density at radius 1 is 1.26 bits per heavy atom. The third-order valence-corrected chi connectivity index (χ3v) is 3.69. The van der Waals surface area contributed by atoms with Gasteiger partial charge in [0.1, 0.15) is 5.82 Å². The van der Waals surface area contributed by atoms with Gasteiger partial charge in [-0.1, -0.05) is 0 Å². The van der Waals surface area contributed by atoms with Gasteiger partial charge in [-0.15, -0.1) is 15.3 Å². The fourth-order valence-electron chi connectivity index (χ4n) is 2.50. The number of piperazine rings is 1. The van der Waals surface area contributed by atoms with Crippen LogP contribution >= 0.6 is 0 Å². The average molecular weight is 325 g/mol. The maximum Gasteiger partial charge on any atom is 0.317 e. The first kappa shape index (κ1) is 15.4. The Labute approximate surface area is 131 Å². The molecular formula is C13H17F2N7O. The lowest BCUT2D eigenvalue weighted by atomic mass is 10.3. The van der Waals surface area contributed by atoms with Crippen LogP contribution < -0.4 is 10.2 Å². The quantitative estimate of drug-likeness (QED) is 0.908. The zero-order valence-electron chi connectivity index (χ0n) is 12.6. The van der Waals surface area contributed by atoms with Crippen molar-refractivity contribution in [2.75, 3.05) is 37.6 Å². The third kappa shape index (κ3) is 3.01. The summed E-state index contributed by atoms with van der Waals surface area (Å²) in [4.78, 5) is 15.5. The highest BCUT2D eigenvalue weighted by molar-refractivity contribution is 5.74. The molecule has 1 N–H and O–H groups in total. The molecule has 2 aromatic rings. The molecule has 0 aliphatic carbocycles. The minimum absolute atomic E-state index is 0.0886. The molecule has 0 radical (unpaired) electrons. The number of carbonyl (C=O) groups excluding carboxylic acids is 1. The van der Waals surface area contributed by atoms with E-state index in [4.69, 9.17) is 0 Å². The van der Waals surface area contributed by atoms with Gasteiger partial charge in [0.05, 0.1) is 0 Å². The van der Waals surface area contributed by atoms with E-state index in [1.54, 1.807) is 17.0 Å². The van der Waals surface area contributed by atoms with E-state index in [0.29, 0.717) is 38.5 Å². The predicted molar refractivity (Wildman–Crippen MR) is 78.6 cm³/mol. The average Bonchev–Trinajstić information content (AvgIpc) is 2.98. The molecule has 23 heavy (non-hydrogen) atoms. The van der Waals surface area contributed by atoms with E-state index in [9.17, 15) is 13.6 Å². The number of anilines is 1. The summed E-state index contributed by atoms with van der Waals surface area (Å²) in [6, 6.07) is 3.24. The number of halogens is 2. The largest absolute Gasteiger partial charge is 0.352 e. The second kappa shape index (κ2) is 6.31. The third-order valence-electron chi connectivity index (χ3n) is 3.69. The predicted octanol–water partition coefficient (Wildman–Crippen LogP) is 0.913. The summed E-state index contributed by atoms with van der Waals surface area (Å²) in [5.41, 5.74) is 0.282. The smallest absolute Gasteiger partial charge is 0.317 e. The van der Waals surface area contributed by atoms with E-state index in [-0.39, 0.29) is 11.7 Å². The number of carbonyl (C=O) groups is 1. The van der Waals surface area contributed by atoms with Crippen LogP contribution in [0.3, 0.4) is 0 Å². The standard InChI is InChI=1S/C13H17F2N7O/c1-2-16-13(23)21-7-5-20(6-8-21)10-4-3-9-17-18-12(11(14)15)22(9)19-10/h3-4,11H,2,5-8H2,1H3,(H,16,23). The molecule has 0 spiro atoms. The molecule has 0 bridgehead atoms. The maximum atomic E-state index is 12.9. The molecule has 0 atom stereocenters. The van der Waals surface area contributed by atoms with Gasteiger partial charge in [0.2, 0.25) is 5.82 Å². The topological polar surface area (TPSA) is 78.7 Å². The van der Waals surface area contributed by atoms with Crippen LogP contribution in [0.1, 0.15) is 19.2 Å². The summed E-state index contributed by atoms with van der Waals surface area (Å²) in [5.74, 6) is 0.0950. The summed E-state index contributed by atoms with van der Waals surface area (Å²) in [6.45, 7) is 4.72. The van der Waals surface area contributed by atoms with Crippen LogP contribution in [0.4, 0.5) is 19.4 Å². The molecule has 3 rings (SSSR count). The maximum absolute atomic E-state index is 12.9. The Morgan fingerprint density at radius 3 is 2.65 bits per heavy atom. The Hall–Kier alpha value is -2.52. The summed E-state index contributed by atoms with van der Waals surface area (Å²) in [6.07, 6.45) is -2.73. The lowest BCUT2D eigenvalue weighted by Crippen LogP contribution is -2.52. The molecule has 1 aliphatic heterocycles. The molecule has 124 valence electrons. The van der Waals surface area contributed by atoms with Crippen LogP contribution in [0.5, 0.6) is 0 Å². The van der Waals surface area contributed by atoms with Crippen molar-refractivity contribution in [2.24, 2.45) is 0 Å². The lowest BCUT2D eigenvalue weighted by Gasteiger charge is -2.35. The number of nitrogens with one attached hydrogen (secondary N) is 1. The second-order valence-corrected chi connectivity index (χ2v) is 5.13. The van der Waals surface area contributed by atoms with E-state index < -0.39 is 12.2 Å². The molecule has 0 aromatic carbocycles. The molecular weight excluding hydrogens is 308 g/mol. The zero-order chi connectivity index (χ0) is 16.4. The highest BCUT2D eigenvalue weighted by Crippen LogP contribution is 2.19. The van der Waals surface area contributed by atoms with Gasteiger partial charge >= 0.3 is 6.03 Å². The minimum atomic E-state index is -2.73. The number of hydrogen-bond donors (Lipinski definition) is 1. The van der Waals surface area contributed by atoms with Crippen LogP contribution in [-0.4, -0.2) is 63.5 Å². The number of nitrogens with zero attached hydrogens (tertiary/aromatic N) is 6. The van der Waals surface area contributed by atoms with E-state index in [1.807, 2.05) is 11.8 Å². The number of urea groups is 1. The van der Waals surface area contributed by atoms with Crippen molar-refractivity contribution < 1.29 is 13.6 Å². The van der Waals surface area contributed by atoms with Crippen molar-refractivity contribution in [2.45, 2.75) is 13.3 Å². The summed E-state index contributed by atoms with van der Waals surface area (Å²) in [5, 5.41) is 14.1. The molecule has 2 amide bonds. The monoisotopic (exact) mass is 325 g/mol. The van der Waals surface area contributed by atoms with Crippen molar-refractivity contribution >= 4 is 17.5 Å². The van der Waals surface area contributed by atoms with Crippen molar-refractivity contribution in [3.8, 4) is 0 Å². The van der Waals surface area contributed by atoms with Crippen LogP contribution in [-0.2, 0) is 0 Å². The van der Waals surface area contributed by atoms with Crippen LogP contribution in [0.25, 0.3) is 5.65 Å². The molecule has 2 aromatic heterocycles. The molecule has 3 heterocycles. The van der Waals surface area contributed by atoms with E-state index >= 15 is 0 Å². The Kier molecular flexibility index (Phi) is 4.22. The SMILES string of the molecule is CCNC(=O)N1CCN(c2ccc3nnc(C(F)F)n3n2)CC1. The summed E-state index contributed by atoms with van der Waals surface area (Å²) in [7, 11) is 0. The number of rotatable bonds is 3. The first-order valence-electron chi connectivity index (χ1n) is 7.38. The van der Waals surface area contributed by atoms with Gasteiger partial charge < -0.3 is 15.1 Å². The van der Waals surface area contributed by atoms with Gasteiger partial charge in [-0.05, 0) is 19.1 Å². The normalized spacial score (nSPS) is 15.5. The van der Waals surface area contributed by atoms with Gasteiger partial charge in [-0.2, -0.15) is 4.52 Å². The Bertz CT molecular complexity index is 697. The molecule has 1 saturated heterocycles. The summed E-state index contributed by atoms with van der Waals surface area (Å²) < 4.78 is 26.8. The van der Waals surface area contributed by atoms with Gasteiger partial charge in [0.25, 0.3) is 6.43 Å². The lowest BCUT2D eigenvalue weighted by molar-refractivity contribution is 0.137. The van der Waals surface area contributed by atoms with Gasteiger partial charge in [0, 0.05) is 32.7 Å². The second-order valence-electron chi connectivity index (χ2n) is 5.13. The first-order chi connectivity index (χ1) is 11.1. The van der Waals surface area contributed by atoms with Crippen LogP contribution in [0.2, 0.25) is 0 Å². The zero-order valence-corrected chi connectivity index (χ0v) is 12.6. The number of hydrogen-bond acceptors (Lipinski definition) is 5. The van der Waals surface area contributed by atoms with Crippen molar-refractivity contribution in [1.82, 2.24) is 30.0 Å². The summed E-state index contributed by atoms with van der Waals surface area (Å²) >= 11 is 0. The molecule has 0 saturated carbocycles. The molecule has 1 aliphatic rings. The Morgan fingerprint density at radius 2 is 2.00 bits per heavy atom. The fraction of sp³-hybridized carbons (Fsp3) is 0.538. The van der Waals surface area contributed by atoms with Gasteiger partial charge in [0.15, 0.2) is 5.65 Å². The molecule has 0 unspecified atom stereocenters. The minimum Gasteiger partial charge on any atom is -0.352 e. The highest BCUT2D eigenvalue weighted by atomic mass is 19.3. The Balaban J connectivity index is 1.74. The van der Waals surface area contributed by atoms with E-state index in [0.717, 1.165) is 4.52 Å². The fourth-order valence-corrected chi connectivity index (χ4v) is 2.50. The first-order valence-corrected chi connectivity index (χ1v) is 7.38. The van der Waals surface area contributed by atoms with Crippen molar-refractivity contribution in [3.05, 3.63) is 18.0 Å². The van der Waals surface area contributed by atoms with Gasteiger partial charge in [-0.3, -0.25) is 0 Å². The van der Waals surface area contributed by atoms with E-state index in [2.05, 4.69) is 20.6 Å². The van der Waals surface area contributed by atoms with Crippen LogP contribution in [0, 0.1) is 0 Å². The molecule has 8 nitrogen and oxygen atoms in total. The number of fused-ring (bicyclic) bond motifs is 1. The van der Waals surface area contributed by atoms with E-state index in [1.165, 1.54) is 0 Å². The van der Waals surface area contributed by atoms with Gasteiger partial charge in [-0.25, -0.2) is 13.6 Å². The highest BCUT2D eigenvalue weighted by Gasteiger charge is 2.23. The van der Waals surface area contributed by atoms with Crippen LogP contribution in [0.15, 0.2) is 12.1 Å². The molecule has 1 fully saturated rings. The van der Waals surface area contributed by atoms with Crippen molar-refractivity contribution in [3.63, 3.8) is 0 Å². The number of alkyl halides is 2. The number of aromatic nitrogens is 4. The number of amides is 2. The molecule has 10 heteroatoms. The van der Waals surface area contributed by atoms with Crippen molar-refractivity contribution in [1.29, 1.82) is 0 Å².